The van der Waals surface area contributed by atoms with Crippen LogP contribution in [0, 0.1) is 6.92 Å². The van der Waals surface area contributed by atoms with Crippen LogP contribution in [0.3, 0.4) is 0 Å². The lowest BCUT2D eigenvalue weighted by Gasteiger charge is -2.31. The van der Waals surface area contributed by atoms with E-state index in [1.54, 1.807) is 23.1 Å². The molecule has 0 aliphatic carbocycles. The molecule has 162 valence electrons. The van der Waals surface area contributed by atoms with Crippen molar-refractivity contribution in [2.75, 3.05) is 0 Å². The maximum absolute atomic E-state index is 13.4. The fourth-order valence-corrected chi connectivity index (χ4v) is 3.74. The van der Waals surface area contributed by atoms with Gasteiger partial charge in [0.1, 0.15) is 6.04 Å². The third-order valence-corrected chi connectivity index (χ3v) is 5.96. The van der Waals surface area contributed by atoms with Crippen LogP contribution >= 0.6 is 23.2 Å². The largest absolute Gasteiger partial charge is 0.352 e. The molecule has 2 aromatic rings. The first-order valence-electron chi connectivity index (χ1n) is 10.3. The second-order valence-corrected chi connectivity index (χ2v) is 8.44. The molecular weight excluding hydrogens is 419 g/mol. The van der Waals surface area contributed by atoms with Gasteiger partial charge in [0.25, 0.3) is 0 Å². The van der Waals surface area contributed by atoms with Gasteiger partial charge in [-0.05, 0) is 49.9 Å². The van der Waals surface area contributed by atoms with Gasteiger partial charge < -0.3 is 10.2 Å². The molecule has 6 heteroatoms. The lowest BCUT2D eigenvalue weighted by molar-refractivity contribution is -0.141. The highest BCUT2D eigenvalue weighted by molar-refractivity contribution is 6.36. The van der Waals surface area contributed by atoms with E-state index in [4.69, 9.17) is 23.2 Å². The number of aryl methyl sites for hydroxylation is 1. The first kappa shape index (κ1) is 24.2. The molecule has 4 nitrogen and oxygen atoms in total. The van der Waals surface area contributed by atoms with Crippen LogP contribution in [-0.4, -0.2) is 28.8 Å². The van der Waals surface area contributed by atoms with Gasteiger partial charge in [-0.25, -0.2) is 0 Å². The third-order valence-electron chi connectivity index (χ3n) is 5.25. The number of halogens is 2. The van der Waals surface area contributed by atoms with Crippen molar-refractivity contribution in [3.63, 3.8) is 0 Å². The number of carbonyl (C=O) groups is 2. The molecule has 0 fully saturated rings. The van der Waals surface area contributed by atoms with Gasteiger partial charge in [-0.2, -0.15) is 0 Å². The molecule has 2 unspecified atom stereocenters. The second-order valence-electron chi connectivity index (χ2n) is 7.63. The summed E-state index contributed by atoms with van der Waals surface area (Å²) in [5, 5.41) is 3.91. The van der Waals surface area contributed by atoms with Crippen molar-refractivity contribution < 1.29 is 9.59 Å². The van der Waals surface area contributed by atoms with Gasteiger partial charge in [0.2, 0.25) is 11.8 Å². The van der Waals surface area contributed by atoms with Crippen molar-refractivity contribution in [1.29, 1.82) is 0 Å². The van der Waals surface area contributed by atoms with Crippen LogP contribution < -0.4 is 5.32 Å². The van der Waals surface area contributed by atoms with Crippen molar-refractivity contribution in [3.05, 3.63) is 69.2 Å². The van der Waals surface area contributed by atoms with Gasteiger partial charge in [0.15, 0.2) is 0 Å². The predicted octanol–water partition coefficient (Wildman–Crippen LogP) is 5.57. The van der Waals surface area contributed by atoms with E-state index in [1.165, 1.54) is 0 Å². The van der Waals surface area contributed by atoms with E-state index in [2.05, 4.69) is 5.32 Å². The van der Waals surface area contributed by atoms with Crippen molar-refractivity contribution in [2.24, 2.45) is 0 Å². The van der Waals surface area contributed by atoms with E-state index in [-0.39, 0.29) is 24.3 Å². The summed E-state index contributed by atoms with van der Waals surface area (Å²) in [6, 6.07) is 12.6. The fraction of sp³-hybridized carbons (Fsp3) is 0.417. The zero-order chi connectivity index (χ0) is 22.3. The van der Waals surface area contributed by atoms with Crippen LogP contribution in [0.15, 0.2) is 42.5 Å². The summed E-state index contributed by atoms with van der Waals surface area (Å²) in [5.41, 5.74) is 2.69. The Morgan fingerprint density at radius 1 is 1.00 bits per heavy atom. The zero-order valence-electron chi connectivity index (χ0n) is 18.0. The molecule has 2 aromatic carbocycles. The minimum absolute atomic E-state index is 0.0392. The van der Waals surface area contributed by atoms with Gasteiger partial charge >= 0.3 is 0 Å². The smallest absolute Gasteiger partial charge is 0.243 e. The van der Waals surface area contributed by atoms with Crippen LogP contribution in [0.25, 0.3) is 0 Å². The van der Waals surface area contributed by atoms with Gasteiger partial charge in [0.05, 0.1) is 6.42 Å². The number of hydrogen-bond donors (Lipinski definition) is 1. The van der Waals surface area contributed by atoms with E-state index in [0.29, 0.717) is 28.6 Å². The number of carbonyl (C=O) groups excluding carboxylic acids is 2. The zero-order valence-corrected chi connectivity index (χ0v) is 19.6. The Balaban J connectivity index is 2.34. The average Bonchev–Trinajstić information content (AvgIpc) is 2.71. The summed E-state index contributed by atoms with van der Waals surface area (Å²) < 4.78 is 0. The highest BCUT2D eigenvalue weighted by atomic mass is 35.5. The van der Waals surface area contributed by atoms with E-state index >= 15 is 0 Å². The Morgan fingerprint density at radius 2 is 1.60 bits per heavy atom. The number of nitrogens with one attached hydrogen (secondary N) is 1. The molecule has 0 heterocycles. The number of benzene rings is 2. The summed E-state index contributed by atoms with van der Waals surface area (Å²) in [5.74, 6) is -0.325. The molecule has 0 saturated carbocycles. The summed E-state index contributed by atoms with van der Waals surface area (Å²) in [6.07, 6.45) is 1.37. The molecular formula is C24H30Cl2N2O2. The molecule has 0 aliphatic heterocycles. The van der Waals surface area contributed by atoms with Gasteiger partial charge in [-0.15, -0.1) is 0 Å². The average molecular weight is 449 g/mol. The summed E-state index contributed by atoms with van der Waals surface area (Å²) in [4.78, 5) is 28.0. The van der Waals surface area contributed by atoms with Gasteiger partial charge in [-0.1, -0.05) is 72.9 Å². The maximum Gasteiger partial charge on any atom is 0.243 e. The molecule has 2 amide bonds. The van der Waals surface area contributed by atoms with Crippen molar-refractivity contribution in [3.8, 4) is 0 Å². The molecule has 0 aliphatic rings. The lowest BCUT2D eigenvalue weighted by atomic mass is 10.1. The summed E-state index contributed by atoms with van der Waals surface area (Å²) in [6.45, 7) is 8.24. The van der Waals surface area contributed by atoms with Crippen LogP contribution in [0.1, 0.15) is 50.3 Å². The van der Waals surface area contributed by atoms with E-state index in [0.717, 1.165) is 17.5 Å². The fourth-order valence-electron chi connectivity index (χ4n) is 3.20. The van der Waals surface area contributed by atoms with Crippen LogP contribution in [-0.2, 0) is 22.6 Å². The van der Waals surface area contributed by atoms with Gasteiger partial charge in [0, 0.05) is 22.6 Å². The quantitative estimate of drug-likeness (QED) is 0.545. The van der Waals surface area contributed by atoms with E-state index in [9.17, 15) is 9.59 Å². The van der Waals surface area contributed by atoms with Crippen LogP contribution in [0.4, 0.5) is 0 Å². The molecule has 2 rings (SSSR count). The first-order valence-corrected chi connectivity index (χ1v) is 11.1. The second kappa shape index (κ2) is 11.4. The normalized spacial score (nSPS) is 12.9. The lowest BCUT2D eigenvalue weighted by Crippen LogP contribution is -2.51. The Labute approximate surface area is 189 Å². The summed E-state index contributed by atoms with van der Waals surface area (Å²) >= 11 is 12.6. The Bertz CT molecular complexity index is 848. The van der Waals surface area contributed by atoms with E-state index in [1.807, 2.05) is 52.0 Å². The maximum atomic E-state index is 13.4. The number of hydrogen-bond acceptors (Lipinski definition) is 2. The molecule has 0 spiro atoms. The van der Waals surface area contributed by atoms with Crippen LogP contribution in [0.2, 0.25) is 10.0 Å². The number of amides is 2. The first-order chi connectivity index (χ1) is 14.3. The van der Waals surface area contributed by atoms with Crippen molar-refractivity contribution in [2.45, 2.75) is 65.6 Å². The van der Waals surface area contributed by atoms with Gasteiger partial charge in [-0.3, -0.25) is 9.59 Å². The minimum atomic E-state index is -0.575. The SMILES string of the molecule is CCC(C)NC(=O)C(CC)N(Cc1ccc(C)cc1)C(=O)Cc1c(Cl)cccc1Cl. The molecule has 2 atom stereocenters. The van der Waals surface area contributed by atoms with E-state index < -0.39 is 6.04 Å². The minimum Gasteiger partial charge on any atom is -0.352 e. The Hall–Kier alpha value is -2.04. The molecule has 30 heavy (non-hydrogen) atoms. The van der Waals surface area contributed by atoms with Crippen molar-refractivity contribution in [1.82, 2.24) is 10.2 Å². The predicted molar refractivity (Wildman–Crippen MR) is 124 cm³/mol. The molecule has 0 bridgehead atoms. The molecule has 0 radical (unpaired) electrons. The molecule has 1 N–H and O–H groups in total. The van der Waals surface area contributed by atoms with Crippen molar-refractivity contribution >= 4 is 35.0 Å². The topological polar surface area (TPSA) is 49.4 Å². The number of rotatable bonds is 9. The highest BCUT2D eigenvalue weighted by Crippen LogP contribution is 2.26. The summed E-state index contributed by atoms with van der Waals surface area (Å²) in [7, 11) is 0. The Kier molecular flexibility index (Phi) is 9.19. The Morgan fingerprint density at radius 3 is 2.13 bits per heavy atom. The molecule has 0 aromatic heterocycles. The van der Waals surface area contributed by atoms with Crippen LogP contribution in [0.5, 0.6) is 0 Å². The molecule has 0 saturated heterocycles. The standard InChI is InChI=1S/C24H30Cl2N2O2/c1-5-17(4)27-24(30)22(6-2)28(15-18-12-10-16(3)11-13-18)23(29)14-19-20(25)8-7-9-21(19)26/h7-13,17,22H,5-6,14-15H2,1-4H3,(H,27,30). The monoisotopic (exact) mass is 448 g/mol. The third kappa shape index (κ3) is 6.48. The number of nitrogens with zero attached hydrogens (tertiary/aromatic N) is 1. The highest BCUT2D eigenvalue weighted by Gasteiger charge is 2.29.